The molecule has 0 aromatic heterocycles. The molecule has 2 rings (SSSR count). The van der Waals surface area contributed by atoms with Crippen LogP contribution >= 0.6 is 0 Å². The zero-order valence-corrected chi connectivity index (χ0v) is 13.8. The maximum atomic E-state index is 12.1. The number of aryl methyl sites for hydroxylation is 1. The fourth-order valence-corrected chi connectivity index (χ4v) is 2.46. The van der Waals surface area contributed by atoms with Gasteiger partial charge in [-0.05, 0) is 44.5 Å². The van der Waals surface area contributed by atoms with Crippen molar-refractivity contribution in [2.45, 2.75) is 26.2 Å². The van der Waals surface area contributed by atoms with Crippen LogP contribution in [0, 0.1) is 18.3 Å². The van der Waals surface area contributed by atoms with Crippen molar-refractivity contribution in [2.24, 2.45) is 0 Å². The van der Waals surface area contributed by atoms with E-state index in [1.165, 1.54) is 7.11 Å². The molecule has 2 aromatic rings. The van der Waals surface area contributed by atoms with Gasteiger partial charge in [-0.3, -0.25) is 4.79 Å². The van der Waals surface area contributed by atoms with Crippen molar-refractivity contribution in [3.05, 3.63) is 59.2 Å². The van der Waals surface area contributed by atoms with E-state index in [1.54, 1.807) is 19.9 Å². The zero-order chi connectivity index (χ0) is 17.0. The number of hydrogen-bond donors (Lipinski definition) is 1. The van der Waals surface area contributed by atoms with E-state index in [2.05, 4.69) is 11.4 Å². The smallest absolute Gasteiger partial charge is 0.315 e. The second-order valence-corrected chi connectivity index (χ2v) is 5.95. The average Bonchev–Trinajstić information content (AvgIpc) is 2.55. The van der Waals surface area contributed by atoms with Gasteiger partial charge in [-0.2, -0.15) is 5.26 Å². The van der Waals surface area contributed by atoms with Crippen molar-refractivity contribution in [1.29, 1.82) is 5.26 Å². The number of nitriles is 1. The molecule has 1 N–H and O–H groups in total. The van der Waals surface area contributed by atoms with Crippen LogP contribution in [0.2, 0.25) is 0 Å². The Morgan fingerprint density at radius 1 is 1.17 bits per heavy atom. The number of carbonyl (C=O) groups excluding carboxylic acids is 1. The first-order chi connectivity index (χ1) is 10.9. The Labute approximate surface area is 136 Å². The van der Waals surface area contributed by atoms with Crippen molar-refractivity contribution in [1.82, 2.24) is 0 Å². The van der Waals surface area contributed by atoms with Crippen molar-refractivity contribution in [3.8, 4) is 6.07 Å². The Balaban J connectivity index is 2.47. The van der Waals surface area contributed by atoms with E-state index in [4.69, 9.17) is 4.74 Å². The fourth-order valence-electron chi connectivity index (χ4n) is 2.46. The second kappa shape index (κ2) is 6.53. The zero-order valence-electron chi connectivity index (χ0n) is 13.8. The van der Waals surface area contributed by atoms with E-state index < -0.39 is 5.41 Å². The highest BCUT2D eigenvalue weighted by Gasteiger charge is 2.34. The van der Waals surface area contributed by atoms with Crippen LogP contribution in [-0.2, 0) is 14.9 Å². The highest BCUT2D eigenvalue weighted by Crippen LogP contribution is 2.32. The molecule has 0 aliphatic rings. The van der Waals surface area contributed by atoms with Crippen molar-refractivity contribution < 1.29 is 9.53 Å². The van der Waals surface area contributed by atoms with Gasteiger partial charge in [0.1, 0.15) is 6.07 Å². The summed E-state index contributed by atoms with van der Waals surface area (Å²) in [5.41, 5.74) is 2.92. The summed E-state index contributed by atoms with van der Waals surface area (Å²) in [6.07, 6.45) is 0. The number of benzene rings is 2. The lowest BCUT2D eigenvalue weighted by Gasteiger charge is -2.24. The molecule has 0 unspecified atom stereocenters. The third-order valence-corrected chi connectivity index (χ3v) is 3.88. The number of ether oxygens (including phenoxy) is 1. The van der Waals surface area contributed by atoms with Crippen molar-refractivity contribution in [3.63, 3.8) is 0 Å². The van der Waals surface area contributed by atoms with Crippen LogP contribution in [0.1, 0.15) is 30.5 Å². The second-order valence-electron chi connectivity index (χ2n) is 5.95. The summed E-state index contributed by atoms with van der Waals surface area (Å²) in [4.78, 5) is 12.1. The van der Waals surface area contributed by atoms with Gasteiger partial charge in [-0.1, -0.05) is 29.8 Å². The number of esters is 1. The summed E-state index contributed by atoms with van der Waals surface area (Å²) in [5, 5.41) is 12.8. The Kier molecular flexibility index (Phi) is 4.71. The highest BCUT2D eigenvalue weighted by molar-refractivity contribution is 5.84. The van der Waals surface area contributed by atoms with E-state index in [1.807, 2.05) is 43.3 Å². The highest BCUT2D eigenvalue weighted by atomic mass is 16.5. The first-order valence-electron chi connectivity index (χ1n) is 7.36. The van der Waals surface area contributed by atoms with E-state index in [9.17, 15) is 10.1 Å². The van der Waals surface area contributed by atoms with E-state index in [0.717, 1.165) is 11.3 Å². The van der Waals surface area contributed by atoms with Gasteiger partial charge in [-0.25, -0.2) is 0 Å². The molecule has 23 heavy (non-hydrogen) atoms. The summed E-state index contributed by atoms with van der Waals surface area (Å²) < 4.78 is 4.87. The number of methoxy groups -OCH3 is 1. The molecule has 118 valence electrons. The predicted octanol–water partition coefficient (Wildman–Crippen LogP) is 4.06. The van der Waals surface area contributed by atoms with Gasteiger partial charge in [0.25, 0.3) is 0 Å². The molecule has 0 radical (unpaired) electrons. The van der Waals surface area contributed by atoms with E-state index in [0.29, 0.717) is 16.8 Å². The van der Waals surface area contributed by atoms with Gasteiger partial charge in [0.2, 0.25) is 0 Å². The summed E-state index contributed by atoms with van der Waals surface area (Å²) in [6.45, 7) is 5.53. The number of carbonyl (C=O) groups is 1. The number of anilines is 2. The summed E-state index contributed by atoms with van der Waals surface area (Å²) in [7, 11) is 1.35. The molecule has 0 saturated heterocycles. The van der Waals surface area contributed by atoms with Crippen LogP contribution in [0.4, 0.5) is 11.4 Å². The Morgan fingerprint density at radius 2 is 1.83 bits per heavy atom. The lowest BCUT2D eigenvalue weighted by molar-refractivity contribution is -0.146. The standard InChI is InChI=1S/C19H20N2O2/c1-13-8-10-14(11-9-13)21-17-7-5-6-16(15(17)12-20)19(2,3)18(22)23-4/h5-11,21H,1-4H3. The first-order valence-corrected chi connectivity index (χ1v) is 7.36. The maximum absolute atomic E-state index is 12.1. The molecule has 0 fully saturated rings. The van der Waals surface area contributed by atoms with E-state index >= 15 is 0 Å². The predicted molar refractivity (Wildman–Crippen MR) is 90.7 cm³/mol. The quantitative estimate of drug-likeness (QED) is 0.865. The molecule has 0 aliphatic carbocycles. The summed E-state index contributed by atoms with van der Waals surface area (Å²) in [5.74, 6) is -0.374. The van der Waals surface area contributed by atoms with Crippen LogP contribution in [0.5, 0.6) is 0 Å². The minimum atomic E-state index is -0.898. The van der Waals surface area contributed by atoms with Gasteiger partial charge < -0.3 is 10.1 Å². The third-order valence-electron chi connectivity index (χ3n) is 3.88. The lowest BCUT2D eigenvalue weighted by Crippen LogP contribution is -2.31. The summed E-state index contributed by atoms with van der Waals surface area (Å²) in [6, 6.07) is 15.6. The van der Waals surface area contributed by atoms with Crippen LogP contribution < -0.4 is 5.32 Å². The van der Waals surface area contributed by atoms with Gasteiger partial charge in [0.05, 0.1) is 23.8 Å². The SMILES string of the molecule is COC(=O)C(C)(C)c1cccc(Nc2ccc(C)cc2)c1C#N. The minimum absolute atomic E-state index is 0.374. The normalized spacial score (nSPS) is 10.7. The maximum Gasteiger partial charge on any atom is 0.315 e. The molecule has 0 aliphatic heterocycles. The number of nitrogens with zero attached hydrogens (tertiary/aromatic N) is 1. The average molecular weight is 308 g/mol. The molecule has 4 heteroatoms. The third kappa shape index (κ3) is 3.35. The molecule has 0 amide bonds. The molecule has 0 spiro atoms. The molecule has 0 atom stereocenters. The van der Waals surface area contributed by atoms with Crippen LogP contribution in [0.15, 0.2) is 42.5 Å². The minimum Gasteiger partial charge on any atom is -0.468 e. The van der Waals surface area contributed by atoms with Gasteiger partial charge in [0, 0.05) is 5.69 Å². The molecule has 2 aromatic carbocycles. The molecular formula is C19H20N2O2. The molecule has 0 heterocycles. The van der Waals surface area contributed by atoms with Gasteiger partial charge in [-0.15, -0.1) is 0 Å². The molecular weight excluding hydrogens is 288 g/mol. The van der Waals surface area contributed by atoms with Crippen molar-refractivity contribution in [2.75, 3.05) is 12.4 Å². The fraction of sp³-hybridized carbons (Fsp3) is 0.263. The number of nitrogens with one attached hydrogen (secondary N) is 1. The Morgan fingerprint density at radius 3 is 2.39 bits per heavy atom. The van der Waals surface area contributed by atoms with Crippen molar-refractivity contribution >= 4 is 17.3 Å². The lowest BCUT2D eigenvalue weighted by atomic mass is 9.81. The molecule has 0 bridgehead atoms. The number of rotatable bonds is 4. The Hall–Kier alpha value is -2.80. The first kappa shape index (κ1) is 16.6. The topological polar surface area (TPSA) is 62.1 Å². The van der Waals surface area contributed by atoms with Crippen LogP contribution in [-0.4, -0.2) is 13.1 Å². The Bertz CT molecular complexity index is 756. The van der Waals surface area contributed by atoms with Crippen LogP contribution in [0.3, 0.4) is 0 Å². The van der Waals surface area contributed by atoms with Gasteiger partial charge in [0.15, 0.2) is 0 Å². The summed E-state index contributed by atoms with van der Waals surface area (Å²) >= 11 is 0. The monoisotopic (exact) mass is 308 g/mol. The molecule has 4 nitrogen and oxygen atoms in total. The van der Waals surface area contributed by atoms with Gasteiger partial charge >= 0.3 is 5.97 Å². The molecule has 0 saturated carbocycles. The number of hydrogen-bond acceptors (Lipinski definition) is 4. The van der Waals surface area contributed by atoms with E-state index in [-0.39, 0.29) is 5.97 Å². The largest absolute Gasteiger partial charge is 0.468 e. The van der Waals surface area contributed by atoms with Crippen LogP contribution in [0.25, 0.3) is 0 Å².